The van der Waals surface area contributed by atoms with Gasteiger partial charge in [-0.15, -0.1) is 0 Å². The number of nitrogens with zero attached hydrogens (tertiary/aromatic N) is 3. The molecule has 6 nitrogen and oxygen atoms in total. The topological polar surface area (TPSA) is 64.1 Å². The second-order valence-electron chi connectivity index (χ2n) is 5.70. The van der Waals surface area contributed by atoms with Crippen LogP contribution in [0, 0.1) is 0 Å². The van der Waals surface area contributed by atoms with E-state index in [4.69, 9.17) is 5.11 Å². The number of piperidine rings is 1. The molecule has 1 atom stereocenters. The van der Waals surface area contributed by atoms with Crippen molar-refractivity contribution in [3.63, 3.8) is 0 Å². The highest BCUT2D eigenvalue weighted by Crippen LogP contribution is 2.28. The van der Waals surface area contributed by atoms with Gasteiger partial charge in [-0.25, -0.2) is 4.79 Å². The van der Waals surface area contributed by atoms with Crippen molar-refractivity contribution >= 4 is 12.0 Å². The zero-order chi connectivity index (χ0) is 14.0. The number of rotatable bonds is 4. The highest BCUT2D eigenvalue weighted by molar-refractivity contribution is 5.80. The zero-order valence-corrected chi connectivity index (χ0v) is 11.7. The fraction of sp³-hybridized carbons (Fsp3) is 0.846. The van der Waals surface area contributed by atoms with E-state index in [1.165, 1.54) is 4.90 Å². The molecule has 1 aliphatic carbocycles. The first-order chi connectivity index (χ1) is 8.99. The molecule has 1 aliphatic heterocycles. The molecule has 2 rings (SSSR count). The van der Waals surface area contributed by atoms with Crippen molar-refractivity contribution in [2.75, 3.05) is 33.7 Å². The van der Waals surface area contributed by atoms with Gasteiger partial charge in [-0.2, -0.15) is 0 Å². The third-order valence-corrected chi connectivity index (χ3v) is 3.99. The standard InChI is InChI=1S/C13H23N3O3/c1-14-7-3-4-11(8-14)15(2)13(19)16(9-12(17)18)10-5-6-10/h10-11H,3-9H2,1-2H3,(H,17,18). The van der Waals surface area contributed by atoms with Crippen molar-refractivity contribution in [2.45, 2.75) is 37.8 Å². The summed E-state index contributed by atoms with van der Waals surface area (Å²) in [6.07, 6.45) is 3.94. The van der Waals surface area contributed by atoms with Crippen molar-refractivity contribution in [2.24, 2.45) is 0 Å². The molecule has 0 aromatic rings. The van der Waals surface area contributed by atoms with Crippen LogP contribution in [0.4, 0.5) is 4.79 Å². The number of carbonyl (C=O) groups is 2. The van der Waals surface area contributed by atoms with Crippen LogP contribution in [0.3, 0.4) is 0 Å². The molecule has 0 radical (unpaired) electrons. The van der Waals surface area contributed by atoms with Crippen LogP contribution < -0.4 is 0 Å². The third kappa shape index (κ3) is 3.59. The third-order valence-electron chi connectivity index (χ3n) is 3.99. The van der Waals surface area contributed by atoms with Crippen molar-refractivity contribution in [1.82, 2.24) is 14.7 Å². The lowest BCUT2D eigenvalue weighted by atomic mass is 10.1. The number of carboxylic acid groups (broad SMARTS) is 1. The minimum absolute atomic E-state index is 0.132. The van der Waals surface area contributed by atoms with E-state index in [0.717, 1.165) is 38.8 Å². The van der Waals surface area contributed by atoms with Gasteiger partial charge in [0.25, 0.3) is 0 Å². The van der Waals surface area contributed by atoms with Gasteiger partial charge >= 0.3 is 12.0 Å². The maximum absolute atomic E-state index is 12.4. The van der Waals surface area contributed by atoms with Gasteiger partial charge in [-0.3, -0.25) is 4.79 Å². The van der Waals surface area contributed by atoms with Crippen molar-refractivity contribution in [3.05, 3.63) is 0 Å². The van der Waals surface area contributed by atoms with Crippen molar-refractivity contribution < 1.29 is 14.7 Å². The van der Waals surface area contributed by atoms with Crippen LogP contribution in [0.5, 0.6) is 0 Å². The molecular weight excluding hydrogens is 246 g/mol. The Labute approximate surface area is 114 Å². The van der Waals surface area contributed by atoms with E-state index in [0.29, 0.717) is 0 Å². The first kappa shape index (κ1) is 14.1. The molecule has 0 bridgehead atoms. The molecule has 6 heteroatoms. The maximum Gasteiger partial charge on any atom is 0.323 e. The molecule has 1 saturated heterocycles. The Morgan fingerprint density at radius 1 is 1.26 bits per heavy atom. The zero-order valence-electron chi connectivity index (χ0n) is 11.7. The smallest absolute Gasteiger partial charge is 0.323 e. The minimum Gasteiger partial charge on any atom is -0.480 e. The second-order valence-corrected chi connectivity index (χ2v) is 5.70. The molecule has 2 fully saturated rings. The van der Waals surface area contributed by atoms with Gasteiger partial charge in [-0.05, 0) is 39.3 Å². The van der Waals surface area contributed by atoms with Gasteiger partial charge in [0.1, 0.15) is 6.54 Å². The molecule has 1 saturated carbocycles. The Morgan fingerprint density at radius 3 is 2.47 bits per heavy atom. The number of hydrogen-bond acceptors (Lipinski definition) is 3. The van der Waals surface area contributed by atoms with Crippen LogP contribution in [-0.2, 0) is 4.79 Å². The lowest BCUT2D eigenvalue weighted by molar-refractivity contribution is -0.137. The molecule has 1 N–H and O–H groups in total. The molecule has 0 spiro atoms. The van der Waals surface area contributed by atoms with Gasteiger partial charge in [0.2, 0.25) is 0 Å². The number of carboxylic acids is 1. The Morgan fingerprint density at radius 2 is 1.95 bits per heavy atom. The number of likely N-dealkylation sites (N-methyl/N-ethyl adjacent to an activating group) is 2. The number of aliphatic carboxylic acids is 1. The number of urea groups is 1. The number of likely N-dealkylation sites (tertiary alicyclic amines) is 1. The molecule has 2 amide bonds. The van der Waals surface area contributed by atoms with Gasteiger partial charge < -0.3 is 19.8 Å². The Kier molecular flexibility index (Phi) is 4.29. The number of amides is 2. The first-order valence-electron chi connectivity index (χ1n) is 6.93. The van der Waals surface area contributed by atoms with E-state index in [9.17, 15) is 9.59 Å². The number of hydrogen-bond donors (Lipinski definition) is 1. The second kappa shape index (κ2) is 5.77. The van der Waals surface area contributed by atoms with Gasteiger partial charge in [0.05, 0.1) is 0 Å². The first-order valence-corrected chi connectivity index (χ1v) is 6.93. The number of carbonyl (C=O) groups excluding carboxylic acids is 1. The molecule has 0 aromatic heterocycles. The summed E-state index contributed by atoms with van der Waals surface area (Å²) in [5.41, 5.74) is 0. The highest BCUT2D eigenvalue weighted by atomic mass is 16.4. The Bertz CT molecular complexity index is 357. The summed E-state index contributed by atoms with van der Waals surface area (Å²) >= 11 is 0. The van der Waals surface area contributed by atoms with Gasteiger partial charge in [-0.1, -0.05) is 0 Å². The van der Waals surface area contributed by atoms with E-state index in [-0.39, 0.29) is 24.7 Å². The monoisotopic (exact) mass is 269 g/mol. The SMILES string of the molecule is CN1CCCC(N(C)C(=O)N(CC(=O)O)C2CC2)C1. The van der Waals surface area contributed by atoms with E-state index in [1.54, 1.807) is 11.9 Å². The van der Waals surface area contributed by atoms with Crippen LogP contribution in [0.2, 0.25) is 0 Å². The maximum atomic E-state index is 12.4. The average molecular weight is 269 g/mol. The van der Waals surface area contributed by atoms with E-state index < -0.39 is 5.97 Å². The van der Waals surface area contributed by atoms with Crippen LogP contribution in [-0.4, -0.2) is 77.6 Å². The normalized spacial score (nSPS) is 24.0. The molecule has 2 aliphatic rings. The fourth-order valence-electron chi connectivity index (χ4n) is 2.70. The molecule has 108 valence electrons. The van der Waals surface area contributed by atoms with E-state index in [2.05, 4.69) is 11.9 Å². The fourth-order valence-corrected chi connectivity index (χ4v) is 2.70. The van der Waals surface area contributed by atoms with Crippen LogP contribution in [0.1, 0.15) is 25.7 Å². The van der Waals surface area contributed by atoms with Gasteiger partial charge in [0, 0.05) is 25.7 Å². The summed E-state index contributed by atoms with van der Waals surface area (Å²) in [7, 11) is 3.85. The molecular formula is C13H23N3O3. The molecule has 0 aromatic carbocycles. The van der Waals surface area contributed by atoms with E-state index >= 15 is 0 Å². The summed E-state index contributed by atoms with van der Waals surface area (Å²) in [6, 6.07) is 0.193. The lowest BCUT2D eigenvalue weighted by Crippen LogP contribution is -2.53. The predicted octanol–water partition coefficient (Wildman–Crippen LogP) is 0.681. The van der Waals surface area contributed by atoms with Crippen LogP contribution in [0.15, 0.2) is 0 Å². The van der Waals surface area contributed by atoms with E-state index in [1.807, 2.05) is 0 Å². The average Bonchev–Trinajstić information content (AvgIpc) is 3.18. The van der Waals surface area contributed by atoms with Crippen molar-refractivity contribution in [1.29, 1.82) is 0 Å². The Hall–Kier alpha value is -1.30. The lowest BCUT2D eigenvalue weighted by Gasteiger charge is -2.38. The summed E-state index contributed by atoms with van der Waals surface area (Å²) in [4.78, 5) is 28.8. The summed E-state index contributed by atoms with van der Waals surface area (Å²) in [5, 5.41) is 8.92. The largest absolute Gasteiger partial charge is 0.480 e. The quantitative estimate of drug-likeness (QED) is 0.815. The van der Waals surface area contributed by atoms with Gasteiger partial charge in [0.15, 0.2) is 0 Å². The summed E-state index contributed by atoms with van der Waals surface area (Å²) in [5.74, 6) is -0.936. The molecule has 1 heterocycles. The van der Waals surface area contributed by atoms with Crippen molar-refractivity contribution in [3.8, 4) is 0 Å². The van der Waals surface area contributed by atoms with Crippen LogP contribution in [0.25, 0.3) is 0 Å². The summed E-state index contributed by atoms with van der Waals surface area (Å²) < 4.78 is 0. The Balaban J connectivity index is 1.97. The molecule has 1 unspecified atom stereocenters. The highest BCUT2D eigenvalue weighted by Gasteiger charge is 2.37. The summed E-state index contributed by atoms with van der Waals surface area (Å²) in [6.45, 7) is 1.75. The van der Waals surface area contributed by atoms with Crippen LogP contribution >= 0.6 is 0 Å². The predicted molar refractivity (Wildman–Crippen MR) is 71.0 cm³/mol. The minimum atomic E-state index is -0.936. The molecule has 19 heavy (non-hydrogen) atoms.